The molecule has 0 spiro atoms. The number of benzene rings is 1. The molecule has 0 aliphatic heterocycles. The minimum Gasteiger partial charge on any atom is -0.292 e. The van der Waals surface area contributed by atoms with Crippen molar-refractivity contribution < 1.29 is 4.79 Å². The molecule has 1 unspecified atom stereocenters. The van der Waals surface area contributed by atoms with Crippen LogP contribution in [0.5, 0.6) is 0 Å². The first-order valence-corrected chi connectivity index (χ1v) is 7.59. The number of Topliss-reactive ketones (excluding diaryl/α,β-unsaturated/α-hetero) is 1. The van der Waals surface area contributed by atoms with Gasteiger partial charge in [-0.05, 0) is 38.3 Å². The molecule has 3 nitrogen and oxygen atoms in total. The standard InChI is InChI=1S/C18H26N2O/c1-13(2)12-20(10-6-9-19)16(5)18(21)17-11-14(3)7-8-15(17)4/h7-8,11,13,16H,6,10,12H2,1-5H3. The maximum Gasteiger partial charge on any atom is 0.179 e. The second kappa shape index (κ2) is 7.95. The van der Waals surface area contributed by atoms with E-state index in [9.17, 15) is 4.79 Å². The van der Waals surface area contributed by atoms with E-state index in [1.54, 1.807) is 0 Å². The van der Waals surface area contributed by atoms with Crippen molar-refractivity contribution >= 4 is 5.78 Å². The predicted octanol–water partition coefficient (Wildman–Crippen LogP) is 3.75. The van der Waals surface area contributed by atoms with Crippen molar-refractivity contribution in [2.24, 2.45) is 5.92 Å². The summed E-state index contributed by atoms with van der Waals surface area (Å²) in [6.07, 6.45) is 0.455. The average molecular weight is 286 g/mol. The number of carbonyl (C=O) groups excluding carboxylic acids is 1. The first-order valence-electron chi connectivity index (χ1n) is 7.59. The number of nitriles is 1. The monoisotopic (exact) mass is 286 g/mol. The molecular formula is C18H26N2O. The van der Waals surface area contributed by atoms with Gasteiger partial charge in [0.2, 0.25) is 0 Å². The summed E-state index contributed by atoms with van der Waals surface area (Å²) in [6.45, 7) is 11.7. The summed E-state index contributed by atoms with van der Waals surface area (Å²) in [5.41, 5.74) is 2.92. The maximum atomic E-state index is 12.8. The Morgan fingerprint density at radius 1 is 1.29 bits per heavy atom. The molecule has 1 aromatic carbocycles. The number of carbonyl (C=O) groups is 1. The fourth-order valence-electron chi connectivity index (χ4n) is 2.50. The number of nitrogens with zero attached hydrogens (tertiary/aromatic N) is 2. The fourth-order valence-corrected chi connectivity index (χ4v) is 2.50. The van der Waals surface area contributed by atoms with Crippen LogP contribution in [0.15, 0.2) is 18.2 Å². The van der Waals surface area contributed by atoms with Crippen LogP contribution in [0.4, 0.5) is 0 Å². The van der Waals surface area contributed by atoms with Gasteiger partial charge in [0.05, 0.1) is 12.1 Å². The summed E-state index contributed by atoms with van der Waals surface area (Å²) in [6, 6.07) is 7.97. The lowest BCUT2D eigenvalue weighted by molar-refractivity contribution is 0.0824. The molecular weight excluding hydrogens is 260 g/mol. The highest BCUT2D eigenvalue weighted by atomic mass is 16.1. The molecule has 0 aliphatic rings. The van der Waals surface area contributed by atoms with E-state index in [-0.39, 0.29) is 11.8 Å². The lowest BCUT2D eigenvalue weighted by atomic mass is 9.97. The van der Waals surface area contributed by atoms with Gasteiger partial charge in [-0.1, -0.05) is 31.5 Å². The van der Waals surface area contributed by atoms with Crippen LogP contribution < -0.4 is 0 Å². The summed E-state index contributed by atoms with van der Waals surface area (Å²) in [4.78, 5) is 14.9. The Hall–Kier alpha value is -1.66. The summed E-state index contributed by atoms with van der Waals surface area (Å²) >= 11 is 0. The quantitative estimate of drug-likeness (QED) is 0.717. The zero-order valence-corrected chi connectivity index (χ0v) is 13.8. The van der Waals surface area contributed by atoms with Crippen molar-refractivity contribution in [3.8, 4) is 6.07 Å². The van der Waals surface area contributed by atoms with E-state index in [4.69, 9.17) is 5.26 Å². The van der Waals surface area contributed by atoms with Crippen molar-refractivity contribution in [3.63, 3.8) is 0 Å². The van der Waals surface area contributed by atoms with E-state index in [0.29, 0.717) is 18.9 Å². The van der Waals surface area contributed by atoms with Crippen molar-refractivity contribution in [1.29, 1.82) is 5.26 Å². The highest BCUT2D eigenvalue weighted by molar-refractivity contribution is 6.01. The number of aryl methyl sites for hydroxylation is 2. The Kier molecular flexibility index (Phi) is 6.58. The van der Waals surface area contributed by atoms with Crippen molar-refractivity contribution in [3.05, 3.63) is 34.9 Å². The normalized spacial score (nSPS) is 12.5. The van der Waals surface area contributed by atoms with Crippen molar-refractivity contribution in [2.45, 2.75) is 47.1 Å². The number of rotatable bonds is 7. The lowest BCUT2D eigenvalue weighted by Gasteiger charge is -2.29. The Morgan fingerprint density at radius 2 is 1.95 bits per heavy atom. The van der Waals surface area contributed by atoms with Gasteiger partial charge in [0.15, 0.2) is 5.78 Å². The molecule has 0 N–H and O–H groups in total. The molecule has 3 heteroatoms. The fraction of sp³-hybridized carbons (Fsp3) is 0.556. The van der Waals surface area contributed by atoms with Crippen molar-refractivity contribution in [2.75, 3.05) is 13.1 Å². The SMILES string of the molecule is Cc1ccc(C)c(C(=O)C(C)N(CCC#N)CC(C)C)c1. The maximum absolute atomic E-state index is 12.8. The second-order valence-electron chi connectivity index (χ2n) is 6.16. The molecule has 0 aromatic heterocycles. The largest absolute Gasteiger partial charge is 0.292 e. The number of ketones is 1. The first-order chi connectivity index (χ1) is 9.86. The first kappa shape index (κ1) is 17.4. The van der Waals surface area contributed by atoms with Gasteiger partial charge >= 0.3 is 0 Å². The molecule has 114 valence electrons. The molecule has 0 bridgehead atoms. The van der Waals surface area contributed by atoms with Gasteiger partial charge in [-0.2, -0.15) is 5.26 Å². The van der Waals surface area contributed by atoms with Crippen molar-refractivity contribution in [1.82, 2.24) is 4.90 Å². The van der Waals surface area contributed by atoms with E-state index in [2.05, 4.69) is 24.8 Å². The molecule has 0 aliphatic carbocycles. The molecule has 1 rings (SSSR count). The number of hydrogen-bond donors (Lipinski definition) is 0. The van der Waals surface area contributed by atoms with Gasteiger partial charge in [-0.3, -0.25) is 9.69 Å². The van der Waals surface area contributed by atoms with E-state index < -0.39 is 0 Å². The molecule has 1 atom stereocenters. The summed E-state index contributed by atoms with van der Waals surface area (Å²) in [5, 5.41) is 8.81. The van der Waals surface area contributed by atoms with Crippen LogP contribution in [0.25, 0.3) is 0 Å². The van der Waals surface area contributed by atoms with Gasteiger partial charge in [-0.25, -0.2) is 0 Å². The van der Waals surface area contributed by atoms with Crippen LogP contribution in [0.1, 0.15) is 48.7 Å². The number of hydrogen-bond acceptors (Lipinski definition) is 3. The Bertz CT molecular complexity index is 529. The Labute approximate surface area is 128 Å². The summed E-state index contributed by atoms with van der Waals surface area (Å²) in [7, 11) is 0. The molecule has 0 heterocycles. The molecule has 0 fully saturated rings. The Morgan fingerprint density at radius 3 is 2.52 bits per heavy atom. The minimum atomic E-state index is -0.193. The van der Waals surface area contributed by atoms with Crippen LogP contribution >= 0.6 is 0 Å². The molecule has 1 aromatic rings. The smallest absolute Gasteiger partial charge is 0.179 e. The van der Waals surface area contributed by atoms with Gasteiger partial charge in [-0.15, -0.1) is 0 Å². The van der Waals surface area contributed by atoms with Crippen LogP contribution in [-0.2, 0) is 0 Å². The molecule has 0 amide bonds. The molecule has 0 saturated carbocycles. The third-order valence-corrected chi connectivity index (χ3v) is 3.70. The second-order valence-corrected chi connectivity index (χ2v) is 6.16. The van der Waals surface area contributed by atoms with Gasteiger partial charge in [0.1, 0.15) is 0 Å². The Balaban J connectivity index is 2.96. The zero-order chi connectivity index (χ0) is 16.0. The summed E-state index contributed by atoms with van der Waals surface area (Å²) < 4.78 is 0. The highest BCUT2D eigenvalue weighted by Gasteiger charge is 2.24. The molecule has 0 saturated heterocycles. The highest BCUT2D eigenvalue weighted by Crippen LogP contribution is 2.16. The van der Waals surface area contributed by atoms with E-state index >= 15 is 0 Å². The van der Waals surface area contributed by atoms with E-state index in [0.717, 1.165) is 23.2 Å². The zero-order valence-electron chi connectivity index (χ0n) is 13.8. The average Bonchev–Trinajstić information content (AvgIpc) is 2.44. The molecule has 21 heavy (non-hydrogen) atoms. The topological polar surface area (TPSA) is 44.1 Å². The van der Waals surface area contributed by atoms with Crippen LogP contribution in [-0.4, -0.2) is 29.8 Å². The summed E-state index contributed by atoms with van der Waals surface area (Å²) in [5.74, 6) is 0.618. The molecule has 0 radical (unpaired) electrons. The van der Waals surface area contributed by atoms with Crippen LogP contribution in [0, 0.1) is 31.1 Å². The van der Waals surface area contributed by atoms with Gasteiger partial charge < -0.3 is 0 Å². The lowest BCUT2D eigenvalue weighted by Crippen LogP contribution is -2.42. The van der Waals surface area contributed by atoms with Gasteiger partial charge in [0, 0.05) is 25.1 Å². The predicted molar refractivity (Wildman–Crippen MR) is 86.3 cm³/mol. The van der Waals surface area contributed by atoms with Crippen LogP contribution in [0.2, 0.25) is 0 Å². The minimum absolute atomic E-state index is 0.148. The van der Waals surface area contributed by atoms with Crippen LogP contribution in [0.3, 0.4) is 0 Å². The third kappa shape index (κ3) is 4.99. The third-order valence-electron chi connectivity index (χ3n) is 3.70. The van der Waals surface area contributed by atoms with Gasteiger partial charge in [0.25, 0.3) is 0 Å². The van der Waals surface area contributed by atoms with E-state index in [1.165, 1.54) is 0 Å². The van der Waals surface area contributed by atoms with E-state index in [1.807, 2.05) is 39.0 Å².